The third kappa shape index (κ3) is 3.61. The van der Waals surface area contributed by atoms with Gasteiger partial charge in [0.25, 0.3) is 5.56 Å². The molecule has 0 fully saturated rings. The van der Waals surface area contributed by atoms with Crippen LogP contribution < -0.4 is 10.9 Å². The van der Waals surface area contributed by atoms with E-state index in [1.165, 1.54) is 4.88 Å². The van der Waals surface area contributed by atoms with Crippen molar-refractivity contribution in [3.63, 3.8) is 0 Å². The van der Waals surface area contributed by atoms with Crippen molar-refractivity contribution < 1.29 is 4.79 Å². The standard InChI is InChI=1S/C22H25N3O2S/c1-14(2)12-23-18(26)13-25-20(15-8-4-3-5-9-15)24-21-19(22(25)27)16-10-6-7-11-17(16)28-21/h3-5,8-9,14H,6-7,10-13H2,1-2H3,(H,23,26). The van der Waals surface area contributed by atoms with Gasteiger partial charge < -0.3 is 5.32 Å². The molecule has 0 saturated heterocycles. The monoisotopic (exact) mass is 395 g/mol. The van der Waals surface area contributed by atoms with Crippen molar-refractivity contribution in [2.75, 3.05) is 6.54 Å². The molecule has 1 aliphatic rings. The van der Waals surface area contributed by atoms with Crippen LogP contribution in [-0.4, -0.2) is 22.0 Å². The molecule has 1 aromatic carbocycles. The Hall–Kier alpha value is -2.47. The van der Waals surface area contributed by atoms with E-state index in [4.69, 9.17) is 4.98 Å². The molecule has 6 heteroatoms. The fraction of sp³-hybridized carbons (Fsp3) is 0.409. The number of amides is 1. The highest BCUT2D eigenvalue weighted by atomic mass is 32.1. The van der Waals surface area contributed by atoms with Crippen LogP contribution in [0.15, 0.2) is 35.1 Å². The molecule has 3 aromatic rings. The van der Waals surface area contributed by atoms with Gasteiger partial charge in [-0.25, -0.2) is 4.98 Å². The van der Waals surface area contributed by atoms with Crippen molar-refractivity contribution in [2.24, 2.45) is 5.92 Å². The minimum Gasteiger partial charge on any atom is -0.354 e. The fourth-order valence-electron chi connectivity index (χ4n) is 3.71. The number of nitrogens with zero attached hydrogens (tertiary/aromatic N) is 2. The lowest BCUT2D eigenvalue weighted by Crippen LogP contribution is -2.35. The number of fused-ring (bicyclic) bond motifs is 3. The highest BCUT2D eigenvalue weighted by molar-refractivity contribution is 7.18. The van der Waals surface area contributed by atoms with Crippen LogP contribution in [-0.2, 0) is 24.2 Å². The Kier molecular flexibility index (Phi) is 5.31. The summed E-state index contributed by atoms with van der Waals surface area (Å²) < 4.78 is 1.55. The summed E-state index contributed by atoms with van der Waals surface area (Å²) in [5.74, 6) is 0.772. The molecule has 0 aliphatic heterocycles. The van der Waals surface area contributed by atoms with Crippen LogP contribution in [0.2, 0.25) is 0 Å². The van der Waals surface area contributed by atoms with Crippen LogP contribution in [0.5, 0.6) is 0 Å². The maximum absolute atomic E-state index is 13.5. The van der Waals surface area contributed by atoms with Gasteiger partial charge in [0.1, 0.15) is 17.2 Å². The van der Waals surface area contributed by atoms with E-state index in [1.54, 1.807) is 15.9 Å². The second kappa shape index (κ2) is 7.87. The summed E-state index contributed by atoms with van der Waals surface area (Å²) in [6, 6.07) is 9.65. The minimum atomic E-state index is -0.154. The Morgan fingerprint density at radius 2 is 1.96 bits per heavy atom. The van der Waals surface area contributed by atoms with Crippen LogP contribution in [0.4, 0.5) is 0 Å². The number of thiophene rings is 1. The molecule has 28 heavy (non-hydrogen) atoms. The van der Waals surface area contributed by atoms with Gasteiger partial charge in [0.15, 0.2) is 0 Å². The Labute approximate surface area is 168 Å². The number of hydrogen-bond acceptors (Lipinski definition) is 4. The van der Waals surface area contributed by atoms with E-state index >= 15 is 0 Å². The van der Waals surface area contributed by atoms with Gasteiger partial charge in [0.05, 0.1) is 5.39 Å². The van der Waals surface area contributed by atoms with Crippen molar-refractivity contribution in [3.05, 3.63) is 51.1 Å². The van der Waals surface area contributed by atoms with E-state index in [2.05, 4.69) is 5.32 Å². The second-order valence-corrected chi connectivity index (χ2v) is 8.87. The Morgan fingerprint density at radius 3 is 2.71 bits per heavy atom. The van der Waals surface area contributed by atoms with Gasteiger partial charge >= 0.3 is 0 Å². The zero-order chi connectivity index (χ0) is 19.7. The van der Waals surface area contributed by atoms with Crippen molar-refractivity contribution in [1.29, 1.82) is 0 Å². The first-order valence-corrected chi connectivity index (χ1v) is 10.7. The number of nitrogens with one attached hydrogen (secondary N) is 1. The Balaban J connectivity index is 1.85. The van der Waals surface area contributed by atoms with Crippen LogP contribution in [0.3, 0.4) is 0 Å². The van der Waals surface area contributed by atoms with E-state index < -0.39 is 0 Å². The van der Waals surface area contributed by atoms with Gasteiger partial charge in [-0.15, -0.1) is 11.3 Å². The van der Waals surface area contributed by atoms with Crippen molar-refractivity contribution in [3.8, 4) is 11.4 Å². The van der Waals surface area contributed by atoms with Crippen molar-refractivity contribution in [1.82, 2.24) is 14.9 Å². The van der Waals surface area contributed by atoms with E-state index in [1.807, 2.05) is 44.2 Å². The summed E-state index contributed by atoms with van der Waals surface area (Å²) in [5, 5.41) is 3.64. The number of benzene rings is 1. The molecular weight excluding hydrogens is 370 g/mol. The second-order valence-electron chi connectivity index (χ2n) is 7.78. The number of aryl methyl sites for hydroxylation is 2. The van der Waals surface area contributed by atoms with Gasteiger partial charge in [0, 0.05) is 17.0 Å². The maximum atomic E-state index is 13.5. The summed E-state index contributed by atoms with van der Waals surface area (Å²) >= 11 is 1.64. The fourth-order valence-corrected chi connectivity index (χ4v) is 4.96. The smallest absolute Gasteiger partial charge is 0.263 e. The number of aromatic nitrogens is 2. The van der Waals surface area contributed by atoms with E-state index in [-0.39, 0.29) is 18.0 Å². The van der Waals surface area contributed by atoms with Gasteiger partial charge in [-0.05, 0) is 37.2 Å². The van der Waals surface area contributed by atoms with E-state index in [9.17, 15) is 9.59 Å². The lowest BCUT2D eigenvalue weighted by molar-refractivity contribution is -0.121. The van der Waals surface area contributed by atoms with E-state index in [0.717, 1.165) is 47.0 Å². The van der Waals surface area contributed by atoms with Gasteiger partial charge in [-0.3, -0.25) is 14.2 Å². The highest BCUT2D eigenvalue weighted by Gasteiger charge is 2.23. The molecule has 0 saturated carbocycles. The predicted octanol–water partition coefficient (Wildman–Crippen LogP) is 3.78. The lowest BCUT2D eigenvalue weighted by Gasteiger charge is -2.14. The first-order valence-electron chi connectivity index (χ1n) is 9.91. The normalized spacial score (nSPS) is 13.7. The summed E-state index contributed by atoms with van der Waals surface area (Å²) in [7, 11) is 0. The molecule has 0 unspecified atom stereocenters. The number of carbonyl (C=O) groups is 1. The summed E-state index contributed by atoms with van der Waals surface area (Å²) in [5.41, 5.74) is 1.91. The largest absolute Gasteiger partial charge is 0.354 e. The quantitative estimate of drug-likeness (QED) is 0.715. The number of rotatable bonds is 5. The van der Waals surface area contributed by atoms with Crippen LogP contribution >= 0.6 is 11.3 Å². The molecule has 1 amide bonds. The first-order chi connectivity index (χ1) is 13.5. The minimum absolute atomic E-state index is 0.0106. The topological polar surface area (TPSA) is 64.0 Å². The molecule has 1 aliphatic carbocycles. The Morgan fingerprint density at radius 1 is 1.21 bits per heavy atom. The number of carbonyl (C=O) groups excluding carboxylic acids is 1. The van der Waals surface area contributed by atoms with Gasteiger partial charge in [-0.1, -0.05) is 44.2 Å². The van der Waals surface area contributed by atoms with Crippen LogP contribution in [0, 0.1) is 5.92 Å². The molecule has 0 spiro atoms. The highest BCUT2D eigenvalue weighted by Crippen LogP contribution is 2.34. The van der Waals surface area contributed by atoms with Gasteiger partial charge in [-0.2, -0.15) is 0 Å². The zero-order valence-electron chi connectivity index (χ0n) is 16.3. The molecule has 1 N–H and O–H groups in total. The average molecular weight is 396 g/mol. The molecule has 2 heterocycles. The maximum Gasteiger partial charge on any atom is 0.263 e. The number of hydrogen-bond donors (Lipinski definition) is 1. The van der Waals surface area contributed by atoms with Gasteiger partial charge in [0.2, 0.25) is 5.91 Å². The van der Waals surface area contributed by atoms with Crippen LogP contribution in [0.25, 0.3) is 21.6 Å². The molecular formula is C22H25N3O2S. The predicted molar refractivity (Wildman–Crippen MR) is 114 cm³/mol. The molecule has 0 radical (unpaired) electrons. The summed E-state index contributed by atoms with van der Waals surface area (Å²) in [6.07, 6.45) is 4.21. The first kappa shape index (κ1) is 18.9. The molecule has 0 atom stereocenters. The molecule has 2 aromatic heterocycles. The lowest BCUT2D eigenvalue weighted by atomic mass is 9.97. The summed E-state index contributed by atoms with van der Waals surface area (Å²) in [6.45, 7) is 4.68. The van der Waals surface area contributed by atoms with E-state index in [0.29, 0.717) is 18.3 Å². The Bertz CT molecular complexity index is 1070. The molecule has 5 nitrogen and oxygen atoms in total. The average Bonchev–Trinajstić information content (AvgIpc) is 3.07. The SMILES string of the molecule is CC(C)CNC(=O)Cn1c(-c2ccccc2)nc2sc3c(c2c1=O)CCCC3. The third-order valence-corrected chi connectivity index (χ3v) is 6.30. The molecule has 146 valence electrons. The zero-order valence-corrected chi connectivity index (χ0v) is 17.1. The van der Waals surface area contributed by atoms with Crippen LogP contribution in [0.1, 0.15) is 37.1 Å². The summed E-state index contributed by atoms with van der Waals surface area (Å²) in [4.78, 5) is 32.9. The molecule has 4 rings (SSSR count). The van der Waals surface area contributed by atoms with Crippen molar-refractivity contribution >= 4 is 27.5 Å². The molecule has 0 bridgehead atoms. The van der Waals surface area contributed by atoms with Crippen molar-refractivity contribution in [2.45, 2.75) is 46.1 Å². The third-order valence-electron chi connectivity index (χ3n) is 5.12.